The molecule has 0 saturated heterocycles. The summed E-state index contributed by atoms with van der Waals surface area (Å²) >= 11 is 0. The van der Waals surface area contributed by atoms with Gasteiger partial charge in [-0.25, -0.2) is 0 Å². The normalized spacial score (nSPS) is 11.4. The number of ether oxygens (including phenoxy) is 2. The van der Waals surface area contributed by atoms with E-state index in [2.05, 4.69) is 19.7 Å². The second-order valence-electron chi connectivity index (χ2n) is 5.05. The van der Waals surface area contributed by atoms with Crippen LogP contribution in [0.1, 0.15) is 5.69 Å². The van der Waals surface area contributed by atoms with Gasteiger partial charge >= 0.3 is 6.36 Å². The van der Waals surface area contributed by atoms with Crippen LogP contribution in [-0.2, 0) is 0 Å². The summed E-state index contributed by atoms with van der Waals surface area (Å²) in [5.41, 5.74) is 2.59. The number of benzene rings is 1. The highest BCUT2D eigenvalue weighted by Gasteiger charge is 2.31. The maximum atomic E-state index is 12.3. The number of nitrogens with one attached hydrogen (secondary N) is 2. The van der Waals surface area contributed by atoms with E-state index in [1.165, 1.54) is 31.5 Å². The third-order valence-electron chi connectivity index (χ3n) is 3.31. The van der Waals surface area contributed by atoms with Crippen LogP contribution in [0, 0.1) is 0 Å². The van der Waals surface area contributed by atoms with E-state index in [1.54, 1.807) is 18.3 Å². The van der Waals surface area contributed by atoms with Crippen LogP contribution in [0.3, 0.4) is 0 Å². The molecule has 3 aromatic rings. The van der Waals surface area contributed by atoms with Gasteiger partial charge in [0.2, 0.25) is 0 Å². The number of halogens is 4. The molecule has 9 heteroatoms. The van der Waals surface area contributed by atoms with Gasteiger partial charge in [-0.05, 0) is 24.3 Å². The van der Waals surface area contributed by atoms with Gasteiger partial charge in [-0.15, -0.1) is 25.6 Å². The smallest absolute Gasteiger partial charge is 0.494 e. The Morgan fingerprint density at radius 1 is 1.08 bits per heavy atom. The highest BCUT2D eigenvalue weighted by Crippen LogP contribution is 2.28. The van der Waals surface area contributed by atoms with E-state index in [9.17, 15) is 13.2 Å². The molecule has 26 heavy (non-hydrogen) atoms. The molecule has 5 nitrogen and oxygen atoms in total. The molecule has 2 heterocycles. The summed E-state index contributed by atoms with van der Waals surface area (Å²) < 4.78 is 46.0. The first-order chi connectivity index (χ1) is 11.9. The molecule has 0 atom stereocenters. The number of hydrogen-bond acceptors (Lipinski definition) is 3. The maximum Gasteiger partial charge on any atom is 0.573 e. The fourth-order valence-corrected chi connectivity index (χ4v) is 2.26. The highest BCUT2D eigenvalue weighted by molar-refractivity contribution is 5.86. The van der Waals surface area contributed by atoms with Crippen LogP contribution in [0.15, 0.2) is 53.7 Å². The third-order valence-corrected chi connectivity index (χ3v) is 3.31. The molecule has 0 unspecified atom stereocenters. The zero-order valence-corrected chi connectivity index (χ0v) is 14.3. The molecule has 2 aromatic heterocycles. The van der Waals surface area contributed by atoms with Gasteiger partial charge in [-0.2, -0.15) is 0 Å². The quantitative estimate of drug-likeness (QED) is 0.601. The Balaban J connectivity index is 0.00000243. The van der Waals surface area contributed by atoms with Gasteiger partial charge in [0.15, 0.2) is 0 Å². The molecule has 0 radical (unpaired) electrons. The van der Waals surface area contributed by atoms with Crippen molar-refractivity contribution in [3.05, 3.63) is 54.4 Å². The first-order valence-corrected chi connectivity index (χ1v) is 7.25. The van der Waals surface area contributed by atoms with Crippen LogP contribution in [0.25, 0.3) is 11.4 Å². The number of aromatic nitrogens is 2. The minimum Gasteiger partial charge on any atom is -0.494 e. The minimum atomic E-state index is -4.74. The zero-order valence-electron chi connectivity index (χ0n) is 13.5. The lowest BCUT2D eigenvalue weighted by atomic mass is 10.3. The predicted molar refractivity (Wildman–Crippen MR) is 94.8 cm³/mol. The second kappa shape index (κ2) is 8.01. The average molecular weight is 386 g/mol. The summed E-state index contributed by atoms with van der Waals surface area (Å²) in [6.07, 6.45) is -1.46. The second-order valence-corrected chi connectivity index (χ2v) is 5.05. The molecule has 0 bridgehead atoms. The van der Waals surface area contributed by atoms with Crippen LogP contribution in [0.2, 0.25) is 0 Å². The minimum absolute atomic E-state index is 0. The van der Waals surface area contributed by atoms with Crippen molar-refractivity contribution >= 4 is 24.3 Å². The van der Waals surface area contributed by atoms with Crippen molar-refractivity contribution in [2.45, 2.75) is 6.36 Å². The first kappa shape index (κ1) is 19.5. The summed E-state index contributed by atoms with van der Waals surface area (Å²) in [4.78, 5) is 10.4. The molecule has 0 fully saturated rings. The summed E-state index contributed by atoms with van der Waals surface area (Å²) in [6, 6.07) is 11.0. The summed E-state index contributed by atoms with van der Waals surface area (Å²) in [7, 11) is 1.52. The maximum absolute atomic E-state index is 12.3. The fraction of sp³-hybridized carbons (Fsp3) is 0.118. The van der Waals surface area contributed by atoms with Crippen molar-refractivity contribution in [2.24, 2.45) is 4.99 Å². The fourth-order valence-electron chi connectivity index (χ4n) is 2.26. The van der Waals surface area contributed by atoms with Gasteiger partial charge in [0.25, 0.3) is 0 Å². The van der Waals surface area contributed by atoms with Gasteiger partial charge in [0, 0.05) is 18.3 Å². The Morgan fingerprint density at radius 2 is 1.88 bits per heavy atom. The van der Waals surface area contributed by atoms with E-state index in [1.807, 2.05) is 12.1 Å². The van der Waals surface area contributed by atoms with Gasteiger partial charge < -0.3 is 19.4 Å². The van der Waals surface area contributed by atoms with Gasteiger partial charge in [-0.3, -0.25) is 4.99 Å². The molecule has 0 spiro atoms. The van der Waals surface area contributed by atoms with Crippen molar-refractivity contribution in [2.75, 3.05) is 7.11 Å². The summed E-state index contributed by atoms with van der Waals surface area (Å²) in [5.74, 6) is 0.240. The van der Waals surface area contributed by atoms with E-state index < -0.39 is 6.36 Å². The molecule has 0 aliphatic carbocycles. The number of rotatable bonds is 5. The Bertz CT molecular complexity index is 874. The highest BCUT2D eigenvalue weighted by atomic mass is 35.5. The lowest BCUT2D eigenvalue weighted by Gasteiger charge is -2.08. The standard InChI is InChI=1S/C17H14F3N3O2.ClH/c1-24-16-9-14(13-6-3-7-21-13)23-15(16)10-22-11-4-2-5-12(8-11)25-17(18,19)20;/h2-10,21,23H,1H3;1H. The lowest BCUT2D eigenvalue weighted by Crippen LogP contribution is -2.16. The van der Waals surface area contributed by atoms with Crippen LogP contribution < -0.4 is 9.47 Å². The summed E-state index contributed by atoms with van der Waals surface area (Å²) in [6.45, 7) is 0. The van der Waals surface area contributed by atoms with Crippen molar-refractivity contribution in [3.8, 4) is 22.9 Å². The van der Waals surface area contributed by atoms with E-state index in [-0.39, 0.29) is 18.2 Å². The summed E-state index contributed by atoms with van der Waals surface area (Å²) in [5, 5.41) is 0. The average Bonchev–Trinajstić information content (AvgIpc) is 3.20. The van der Waals surface area contributed by atoms with Crippen LogP contribution >= 0.6 is 12.4 Å². The number of aliphatic imine (C=N–C) groups is 1. The van der Waals surface area contributed by atoms with E-state index in [0.717, 1.165) is 11.4 Å². The number of aromatic amines is 2. The van der Waals surface area contributed by atoms with Crippen molar-refractivity contribution in [1.29, 1.82) is 0 Å². The van der Waals surface area contributed by atoms with Crippen molar-refractivity contribution in [1.82, 2.24) is 9.97 Å². The number of hydrogen-bond donors (Lipinski definition) is 2. The van der Waals surface area contributed by atoms with E-state index in [0.29, 0.717) is 17.1 Å². The molecule has 0 saturated carbocycles. The Morgan fingerprint density at radius 3 is 2.54 bits per heavy atom. The SMILES string of the molecule is COc1cc(-c2ccc[nH]2)[nH]c1C=Nc1cccc(OC(F)(F)F)c1.Cl. The van der Waals surface area contributed by atoms with E-state index in [4.69, 9.17) is 4.74 Å². The number of nitrogens with zero attached hydrogens (tertiary/aromatic N) is 1. The van der Waals surface area contributed by atoms with Gasteiger partial charge in [0.1, 0.15) is 11.5 Å². The Labute approximate surface area is 153 Å². The molecule has 0 amide bonds. The van der Waals surface area contributed by atoms with Gasteiger partial charge in [-0.1, -0.05) is 6.07 Å². The third kappa shape index (κ3) is 4.82. The molecule has 3 rings (SSSR count). The van der Waals surface area contributed by atoms with Gasteiger partial charge in [0.05, 0.1) is 36.1 Å². The molecule has 1 aromatic carbocycles. The molecule has 0 aliphatic heterocycles. The number of methoxy groups -OCH3 is 1. The Kier molecular flexibility index (Phi) is 5.99. The number of H-pyrrole nitrogens is 2. The molecular formula is C17H15ClF3N3O2. The lowest BCUT2D eigenvalue weighted by molar-refractivity contribution is -0.274. The monoisotopic (exact) mass is 385 g/mol. The number of alkyl halides is 3. The molecular weight excluding hydrogens is 371 g/mol. The Hall–Kier alpha value is -2.87. The molecule has 2 N–H and O–H groups in total. The zero-order chi connectivity index (χ0) is 17.9. The molecule has 138 valence electrons. The van der Waals surface area contributed by atoms with Crippen LogP contribution in [0.5, 0.6) is 11.5 Å². The largest absolute Gasteiger partial charge is 0.573 e. The van der Waals surface area contributed by atoms with Crippen LogP contribution in [-0.4, -0.2) is 29.7 Å². The first-order valence-electron chi connectivity index (χ1n) is 7.25. The van der Waals surface area contributed by atoms with Crippen molar-refractivity contribution in [3.63, 3.8) is 0 Å². The predicted octanol–water partition coefficient (Wildman–Crippen LogP) is 5.09. The van der Waals surface area contributed by atoms with Crippen LogP contribution in [0.4, 0.5) is 18.9 Å². The van der Waals surface area contributed by atoms with E-state index >= 15 is 0 Å². The molecule has 0 aliphatic rings. The topological polar surface area (TPSA) is 62.4 Å². The van der Waals surface area contributed by atoms with Crippen molar-refractivity contribution < 1.29 is 22.6 Å².